The van der Waals surface area contributed by atoms with E-state index in [0.29, 0.717) is 12.2 Å². The number of hydrogen-bond acceptors (Lipinski definition) is 2. The minimum atomic E-state index is -0.314. The molecule has 3 aromatic rings. The third-order valence-corrected chi connectivity index (χ3v) is 6.88. The van der Waals surface area contributed by atoms with E-state index >= 15 is 0 Å². The van der Waals surface area contributed by atoms with Crippen molar-refractivity contribution in [3.63, 3.8) is 0 Å². The Morgan fingerprint density at radius 2 is 1.72 bits per heavy atom. The Kier molecular flexibility index (Phi) is 5.43. The van der Waals surface area contributed by atoms with Crippen LogP contribution in [0.4, 0.5) is 20.6 Å². The zero-order chi connectivity index (χ0) is 22.1. The topological polar surface area (TPSA) is 35.6 Å². The first kappa shape index (κ1) is 20.7. The second-order valence-electron chi connectivity index (χ2n) is 9.09. The molecule has 164 valence electrons. The Bertz CT molecular complexity index is 1110. The highest BCUT2D eigenvalue weighted by Crippen LogP contribution is 2.47. The van der Waals surface area contributed by atoms with Crippen LogP contribution in [-0.2, 0) is 12.0 Å². The lowest BCUT2D eigenvalue weighted by Gasteiger charge is -2.40. The van der Waals surface area contributed by atoms with Crippen molar-refractivity contribution in [2.45, 2.75) is 31.7 Å². The maximum Gasteiger partial charge on any atom is 0.326 e. The van der Waals surface area contributed by atoms with E-state index in [0.717, 1.165) is 38.2 Å². The molecule has 0 radical (unpaired) electrons. The van der Waals surface area contributed by atoms with Gasteiger partial charge in [0.15, 0.2) is 0 Å². The molecule has 1 saturated heterocycles. The fourth-order valence-electron chi connectivity index (χ4n) is 5.10. The van der Waals surface area contributed by atoms with Crippen LogP contribution in [0.15, 0.2) is 72.8 Å². The van der Waals surface area contributed by atoms with Gasteiger partial charge in [-0.3, -0.25) is 9.80 Å². The van der Waals surface area contributed by atoms with Crippen LogP contribution in [0.5, 0.6) is 0 Å². The molecule has 4 nitrogen and oxygen atoms in total. The molecule has 0 bridgehead atoms. The minimum absolute atomic E-state index is 0.0192. The average molecular weight is 430 g/mol. The van der Waals surface area contributed by atoms with E-state index in [1.165, 1.54) is 28.8 Å². The highest BCUT2D eigenvalue weighted by atomic mass is 19.1. The van der Waals surface area contributed by atoms with E-state index in [9.17, 15) is 9.18 Å². The van der Waals surface area contributed by atoms with Gasteiger partial charge in [0.2, 0.25) is 0 Å². The zero-order valence-corrected chi connectivity index (χ0v) is 18.4. The lowest BCUT2D eigenvalue weighted by Crippen LogP contribution is -2.46. The van der Waals surface area contributed by atoms with Gasteiger partial charge < -0.3 is 5.32 Å². The van der Waals surface area contributed by atoms with Crippen molar-refractivity contribution < 1.29 is 9.18 Å². The maximum atomic E-state index is 13.2. The van der Waals surface area contributed by atoms with Crippen molar-refractivity contribution in [1.82, 2.24) is 4.90 Å². The van der Waals surface area contributed by atoms with Crippen LogP contribution < -0.4 is 10.2 Å². The summed E-state index contributed by atoms with van der Waals surface area (Å²) in [5, 5.41) is 2.94. The number of urea groups is 1. The molecule has 5 rings (SSSR count). The van der Waals surface area contributed by atoms with Crippen molar-refractivity contribution >= 4 is 17.4 Å². The first-order valence-electron chi connectivity index (χ1n) is 11.2. The maximum absolute atomic E-state index is 13.2. The number of amides is 2. The molecule has 2 aliphatic rings. The highest BCUT2D eigenvalue weighted by Gasteiger charge is 2.46. The summed E-state index contributed by atoms with van der Waals surface area (Å²) in [5.74, 6) is -0.314. The van der Waals surface area contributed by atoms with Crippen LogP contribution in [0, 0.1) is 12.7 Å². The van der Waals surface area contributed by atoms with Gasteiger partial charge in [0.25, 0.3) is 0 Å². The number of nitrogens with zero attached hydrogens (tertiary/aromatic N) is 2. The summed E-state index contributed by atoms with van der Waals surface area (Å²) in [6.45, 7) is 5.77. The van der Waals surface area contributed by atoms with Crippen LogP contribution in [-0.4, -0.2) is 30.6 Å². The summed E-state index contributed by atoms with van der Waals surface area (Å²) in [6, 6.07) is 22.7. The summed E-state index contributed by atoms with van der Waals surface area (Å²) < 4.78 is 13.2. The van der Waals surface area contributed by atoms with Crippen LogP contribution in [0.1, 0.15) is 29.5 Å². The fourth-order valence-corrected chi connectivity index (χ4v) is 5.10. The van der Waals surface area contributed by atoms with E-state index in [1.807, 2.05) is 4.90 Å². The van der Waals surface area contributed by atoms with E-state index in [2.05, 4.69) is 65.7 Å². The molecule has 3 aromatic carbocycles. The van der Waals surface area contributed by atoms with Crippen LogP contribution >= 0.6 is 0 Å². The average Bonchev–Trinajstić information content (AvgIpc) is 3.11. The fraction of sp³-hybridized carbons (Fsp3) is 0.296. The number of likely N-dealkylation sites (tertiary alicyclic amines) is 1. The second-order valence-corrected chi connectivity index (χ2v) is 9.09. The Morgan fingerprint density at radius 3 is 2.44 bits per heavy atom. The normalized spacial score (nSPS) is 17.4. The number of hydrogen-bond donors (Lipinski definition) is 1. The predicted molar refractivity (Wildman–Crippen MR) is 127 cm³/mol. The van der Waals surface area contributed by atoms with Gasteiger partial charge in [-0.2, -0.15) is 0 Å². The highest BCUT2D eigenvalue weighted by molar-refractivity contribution is 6.03. The number of benzene rings is 3. The summed E-state index contributed by atoms with van der Waals surface area (Å²) in [7, 11) is 0. The Morgan fingerprint density at radius 1 is 1.00 bits per heavy atom. The van der Waals surface area contributed by atoms with E-state index in [-0.39, 0.29) is 17.3 Å². The lowest BCUT2D eigenvalue weighted by molar-refractivity contribution is 0.160. The molecule has 0 aliphatic carbocycles. The Hall–Kier alpha value is -3.18. The van der Waals surface area contributed by atoms with Gasteiger partial charge in [0.05, 0.1) is 0 Å². The van der Waals surface area contributed by atoms with Gasteiger partial charge in [-0.1, -0.05) is 48.0 Å². The van der Waals surface area contributed by atoms with Gasteiger partial charge in [-0.05, 0) is 74.3 Å². The van der Waals surface area contributed by atoms with Crippen molar-refractivity contribution in [3.8, 4) is 0 Å². The number of fused-ring (bicyclic) bond motifs is 2. The van der Waals surface area contributed by atoms with Gasteiger partial charge in [-0.25, -0.2) is 9.18 Å². The van der Waals surface area contributed by atoms with Crippen LogP contribution in [0.25, 0.3) is 0 Å². The number of nitrogens with one attached hydrogen (secondary N) is 1. The molecule has 1 spiro atoms. The van der Waals surface area contributed by atoms with E-state index in [4.69, 9.17) is 0 Å². The first-order chi connectivity index (χ1) is 15.5. The van der Waals surface area contributed by atoms with Crippen molar-refractivity contribution in [2.75, 3.05) is 29.9 Å². The molecular formula is C27H28FN3O. The molecule has 2 amide bonds. The predicted octanol–water partition coefficient (Wildman–Crippen LogP) is 5.72. The zero-order valence-electron chi connectivity index (χ0n) is 18.4. The molecule has 2 heterocycles. The molecule has 32 heavy (non-hydrogen) atoms. The Balaban J connectivity index is 1.35. The molecule has 0 atom stereocenters. The molecule has 5 heteroatoms. The molecule has 1 fully saturated rings. The summed E-state index contributed by atoms with van der Waals surface area (Å²) in [6.07, 6.45) is 2.05. The first-order valence-corrected chi connectivity index (χ1v) is 11.2. The van der Waals surface area contributed by atoms with Crippen LogP contribution in [0.3, 0.4) is 0 Å². The molecular weight excluding hydrogens is 401 g/mol. The third kappa shape index (κ3) is 4.00. The summed E-state index contributed by atoms with van der Waals surface area (Å²) in [4.78, 5) is 17.6. The van der Waals surface area contributed by atoms with Crippen molar-refractivity contribution in [1.29, 1.82) is 0 Å². The van der Waals surface area contributed by atoms with Gasteiger partial charge >= 0.3 is 6.03 Å². The number of piperidine rings is 1. The second kappa shape index (κ2) is 8.40. The number of aryl methyl sites for hydroxylation is 1. The molecule has 0 unspecified atom stereocenters. The van der Waals surface area contributed by atoms with E-state index in [1.54, 1.807) is 12.1 Å². The minimum Gasteiger partial charge on any atom is -0.308 e. The number of anilines is 2. The quantitative estimate of drug-likeness (QED) is 0.578. The van der Waals surface area contributed by atoms with E-state index < -0.39 is 0 Å². The third-order valence-electron chi connectivity index (χ3n) is 6.88. The van der Waals surface area contributed by atoms with Gasteiger partial charge in [-0.15, -0.1) is 0 Å². The monoisotopic (exact) mass is 429 g/mol. The molecule has 1 N–H and O–H groups in total. The lowest BCUT2D eigenvalue weighted by atomic mass is 9.74. The molecule has 2 aliphatic heterocycles. The van der Waals surface area contributed by atoms with Crippen molar-refractivity contribution in [3.05, 3.63) is 95.3 Å². The molecule has 0 saturated carbocycles. The number of halogens is 1. The summed E-state index contributed by atoms with van der Waals surface area (Å²) in [5.41, 5.74) is 5.41. The number of carbonyl (C=O) groups excluding carboxylic acids is 1. The standard InChI is InChI=1S/C27H28FN3O/c1-20-7-12-25-24(17-20)27(13-15-30(16-14-27)18-21-5-3-2-4-6-21)19-31(25)26(32)29-23-10-8-22(28)9-11-23/h2-12,17H,13-16,18-19H2,1H3,(H,29,32). The SMILES string of the molecule is Cc1ccc2c(c1)C1(CCN(Cc3ccccc3)CC1)CN2C(=O)Nc1ccc(F)cc1. The number of rotatable bonds is 3. The smallest absolute Gasteiger partial charge is 0.308 e. The van der Waals surface area contributed by atoms with Gasteiger partial charge in [0, 0.05) is 29.9 Å². The number of carbonyl (C=O) groups is 1. The summed E-state index contributed by atoms with van der Waals surface area (Å²) >= 11 is 0. The van der Waals surface area contributed by atoms with Crippen molar-refractivity contribution in [2.24, 2.45) is 0 Å². The van der Waals surface area contributed by atoms with Crippen LogP contribution in [0.2, 0.25) is 0 Å². The van der Waals surface area contributed by atoms with Gasteiger partial charge in [0.1, 0.15) is 5.82 Å². The Labute approximate surface area is 188 Å². The largest absolute Gasteiger partial charge is 0.326 e. The molecule has 0 aromatic heterocycles.